The van der Waals surface area contributed by atoms with Gasteiger partial charge in [-0.3, -0.25) is 0 Å². The number of nitrogens with one attached hydrogen (secondary N) is 1. The zero-order valence-electron chi connectivity index (χ0n) is 20.3. The van der Waals surface area contributed by atoms with Gasteiger partial charge >= 0.3 is 0 Å². The highest BCUT2D eigenvalue weighted by molar-refractivity contribution is 5.44. The third kappa shape index (κ3) is 5.36. The number of para-hydroxylation sites is 1. The molecule has 176 valence electrons. The van der Waals surface area contributed by atoms with Crippen LogP contribution in [0.3, 0.4) is 0 Å². The first-order chi connectivity index (χ1) is 16.0. The number of ether oxygens (including phenoxy) is 1. The molecule has 0 saturated heterocycles. The van der Waals surface area contributed by atoms with E-state index in [2.05, 4.69) is 59.5 Å². The van der Waals surface area contributed by atoms with Crippen molar-refractivity contribution in [1.29, 1.82) is 0 Å². The quantitative estimate of drug-likeness (QED) is 0.479. The van der Waals surface area contributed by atoms with Crippen molar-refractivity contribution in [2.45, 2.75) is 40.2 Å². The number of hydrogen-bond donors (Lipinski definition) is 1. The molecule has 4 rings (SSSR count). The van der Waals surface area contributed by atoms with Crippen molar-refractivity contribution in [3.63, 3.8) is 0 Å². The Hall–Kier alpha value is -2.93. The molecule has 1 aromatic carbocycles. The number of allylic oxidation sites excluding steroid dienone is 1. The largest absolute Gasteiger partial charge is 0.496 e. The molecular formula is C26H35N5O2. The van der Waals surface area contributed by atoms with Crippen LogP contribution >= 0.6 is 0 Å². The topological polar surface area (TPSA) is 78.0 Å². The summed E-state index contributed by atoms with van der Waals surface area (Å²) in [5.74, 6) is 4.28. The van der Waals surface area contributed by atoms with Gasteiger partial charge in [-0.05, 0) is 43.1 Å². The first-order valence-electron chi connectivity index (χ1n) is 11.8. The summed E-state index contributed by atoms with van der Waals surface area (Å²) in [6, 6.07) is 8.20. The Bertz CT molecular complexity index is 1080. The summed E-state index contributed by atoms with van der Waals surface area (Å²) in [7, 11) is 3.65. The summed E-state index contributed by atoms with van der Waals surface area (Å²) in [5.41, 5.74) is 3.44. The van der Waals surface area contributed by atoms with Crippen molar-refractivity contribution in [3.8, 4) is 17.3 Å². The highest BCUT2D eigenvalue weighted by Gasteiger charge is 2.32. The van der Waals surface area contributed by atoms with E-state index < -0.39 is 0 Å². The van der Waals surface area contributed by atoms with Crippen LogP contribution in [-0.2, 0) is 20.0 Å². The molecule has 0 fully saturated rings. The van der Waals surface area contributed by atoms with Crippen LogP contribution in [0, 0.1) is 23.7 Å². The predicted molar refractivity (Wildman–Crippen MR) is 129 cm³/mol. The lowest BCUT2D eigenvalue weighted by atomic mass is 9.70. The smallest absolute Gasteiger partial charge is 0.265 e. The van der Waals surface area contributed by atoms with Crippen molar-refractivity contribution < 1.29 is 9.15 Å². The summed E-state index contributed by atoms with van der Waals surface area (Å²) >= 11 is 0. The maximum absolute atomic E-state index is 5.98. The minimum absolute atomic E-state index is 0.419. The van der Waals surface area contributed by atoms with Crippen molar-refractivity contribution >= 4 is 0 Å². The summed E-state index contributed by atoms with van der Waals surface area (Å²) in [6.45, 7) is 8.66. The van der Waals surface area contributed by atoms with Gasteiger partial charge in [0, 0.05) is 32.1 Å². The first-order valence-corrected chi connectivity index (χ1v) is 11.8. The highest BCUT2D eigenvalue weighted by atomic mass is 16.5. The van der Waals surface area contributed by atoms with E-state index in [1.165, 1.54) is 11.1 Å². The maximum Gasteiger partial charge on any atom is 0.265 e. The monoisotopic (exact) mass is 449 g/mol. The van der Waals surface area contributed by atoms with Crippen LogP contribution in [0.5, 0.6) is 5.75 Å². The number of nitrogens with zero attached hydrogens (tertiary/aromatic N) is 4. The lowest BCUT2D eigenvalue weighted by molar-refractivity contribution is 0.218. The van der Waals surface area contributed by atoms with Gasteiger partial charge in [-0.2, -0.15) is 0 Å². The Kier molecular flexibility index (Phi) is 7.28. The fourth-order valence-electron chi connectivity index (χ4n) is 4.94. The van der Waals surface area contributed by atoms with Gasteiger partial charge in [0.25, 0.3) is 5.89 Å². The van der Waals surface area contributed by atoms with Crippen molar-refractivity contribution in [2.75, 3.05) is 13.7 Å². The second-order valence-corrected chi connectivity index (χ2v) is 9.45. The Morgan fingerprint density at radius 2 is 2.06 bits per heavy atom. The van der Waals surface area contributed by atoms with Gasteiger partial charge in [-0.1, -0.05) is 43.7 Å². The van der Waals surface area contributed by atoms with Crippen LogP contribution < -0.4 is 10.1 Å². The molecule has 7 nitrogen and oxygen atoms in total. The molecule has 2 aromatic heterocycles. The summed E-state index contributed by atoms with van der Waals surface area (Å²) in [4.78, 5) is 4.14. The van der Waals surface area contributed by atoms with Gasteiger partial charge in [0.15, 0.2) is 0 Å². The number of hydrogen-bond acceptors (Lipinski definition) is 6. The van der Waals surface area contributed by atoms with Gasteiger partial charge < -0.3 is 19.0 Å². The van der Waals surface area contributed by atoms with E-state index in [-0.39, 0.29) is 0 Å². The number of imidazole rings is 1. The zero-order chi connectivity index (χ0) is 23.4. The molecule has 0 radical (unpaired) electrons. The summed E-state index contributed by atoms with van der Waals surface area (Å²) < 4.78 is 13.4. The molecule has 1 aliphatic carbocycles. The average Bonchev–Trinajstić information content (AvgIpc) is 3.44. The van der Waals surface area contributed by atoms with Gasteiger partial charge in [0.05, 0.1) is 19.6 Å². The maximum atomic E-state index is 5.98. The van der Waals surface area contributed by atoms with Crippen LogP contribution in [0.1, 0.15) is 38.6 Å². The van der Waals surface area contributed by atoms with Gasteiger partial charge in [0.2, 0.25) is 5.89 Å². The Balaban J connectivity index is 1.41. The second-order valence-electron chi connectivity index (χ2n) is 9.45. The molecule has 7 heteroatoms. The lowest BCUT2D eigenvalue weighted by Crippen LogP contribution is -2.34. The molecule has 33 heavy (non-hydrogen) atoms. The number of aryl methyl sites for hydroxylation is 1. The van der Waals surface area contributed by atoms with Gasteiger partial charge in [-0.15, -0.1) is 10.2 Å². The highest BCUT2D eigenvalue weighted by Crippen LogP contribution is 2.39. The molecule has 0 bridgehead atoms. The molecule has 0 spiro atoms. The number of methoxy groups -OCH3 is 1. The molecule has 2 heterocycles. The number of rotatable bonds is 9. The second kappa shape index (κ2) is 10.3. The van der Waals surface area contributed by atoms with Crippen LogP contribution in [0.25, 0.3) is 11.6 Å². The molecule has 0 aliphatic heterocycles. The van der Waals surface area contributed by atoms with Crippen LogP contribution in [0.2, 0.25) is 0 Å². The van der Waals surface area contributed by atoms with E-state index in [0.717, 1.165) is 37.4 Å². The Labute approximate surface area is 196 Å². The van der Waals surface area contributed by atoms with Gasteiger partial charge in [-0.25, -0.2) is 4.98 Å². The fraction of sp³-hybridized carbons (Fsp3) is 0.500. The van der Waals surface area contributed by atoms with E-state index in [1.54, 1.807) is 19.6 Å². The fourth-order valence-corrected chi connectivity index (χ4v) is 4.94. The Morgan fingerprint density at radius 1 is 1.24 bits per heavy atom. The van der Waals surface area contributed by atoms with Crippen molar-refractivity contribution in [3.05, 3.63) is 59.9 Å². The van der Waals surface area contributed by atoms with E-state index >= 15 is 0 Å². The first kappa shape index (κ1) is 23.2. The summed E-state index contributed by atoms with van der Waals surface area (Å²) in [6.07, 6.45) is 7.86. The van der Waals surface area contributed by atoms with E-state index in [9.17, 15) is 0 Å². The number of aromatic nitrogens is 4. The van der Waals surface area contributed by atoms with E-state index in [0.29, 0.717) is 35.5 Å². The van der Waals surface area contributed by atoms with E-state index in [1.807, 2.05) is 23.7 Å². The predicted octanol–water partition coefficient (Wildman–Crippen LogP) is 4.67. The van der Waals surface area contributed by atoms with Crippen LogP contribution in [-0.4, -0.2) is 33.4 Å². The molecule has 1 aliphatic rings. The molecule has 0 saturated carbocycles. The van der Waals surface area contributed by atoms with Crippen LogP contribution in [0.4, 0.5) is 0 Å². The molecule has 3 aromatic rings. The molecule has 1 N–H and O–H groups in total. The van der Waals surface area contributed by atoms with Crippen molar-refractivity contribution in [2.24, 2.45) is 30.7 Å². The summed E-state index contributed by atoms with van der Waals surface area (Å²) in [5, 5.41) is 12.2. The molecule has 0 amide bonds. The minimum Gasteiger partial charge on any atom is -0.496 e. The van der Waals surface area contributed by atoms with Crippen molar-refractivity contribution in [1.82, 2.24) is 25.1 Å². The standard InChI is InChI=1S/C26H35N5O2/c1-17(2)22-11-20(12-25-29-30-26(33-25)23-15-28-16-31(23)4)18(3)10-21(22)14-27-13-19-8-6-7-9-24(19)32-5/h6-10,15-17,20-22,27H,11-14H2,1-5H3/t20-,21-,22-/m0/s1. The van der Waals surface area contributed by atoms with Crippen LogP contribution in [0.15, 0.2) is 52.9 Å². The zero-order valence-corrected chi connectivity index (χ0v) is 20.3. The van der Waals surface area contributed by atoms with Gasteiger partial charge in [0.1, 0.15) is 11.4 Å². The minimum atomic E-state index is 0.419. The van der Waals surface area contributed by atoms with E-state index in [4.69, 9.17) is 9.15 Å². The molecule has 0 unspecified atom stereocenters. The normalized spacial score (nSPS) is 20.8. The lowest BCUT2D eigenvalue weighted by Gasteiger charge is -2.37. The molecular weight excluding hydrogens is 414 g/mol. The SMILES string of the molecule is COc1ccccc1CNC[C@@H]1C=C(C)[C@H](Cc2nnc(-c3cncn3C)o2)C[C@H]1C(C)C. The third-order valence-electron chi connectivity index (χ3n) is 6.90. The molecule has 3 atom stereocenters. The Morgan fingerprint density at radius 3 is 2.79 bits per heavy atom. The average molecular weight is 450 g/mol. The third-order valence-corrected chi connectivity index (χ3v) is 6.90. The number of benzene rings is 1.